The molecule has 0 saturated heterocycles. The fourth-order valence-electron chi connectivity index (χ4n) is 1.54. The second kappa shape index (κ2) is 6.97. The average Bonchev–Trinajstić information content (AvgIpc) is 2.63. The maximum Gasteiger partial charge on any atom is 0.0802 e. The van der Waals surface area contributed by atoms with Gasteiger partial charge in [0.25, 0.3) is 0 Å². The van der Waals surface area contributed by atoms with Crippen LogP contribution in [0, 0.1) is 5.92 Å². The Kier molecular flexibility index (Phi) is 5.91. The molecule has 0 fully saturated rings. The van der Waals surface area contributed by atoms with Crippen LogP contribution in [-0.2, 0) is 7.05 Å². The van der Waals surface area contributed by atoms with Crippen LogP contribution >= 0.6 is 11.8 Å². The van der Waals surface area contributed by atoms with Crippen molar-refractivity contribution in [2.75, 3.05) is 18.1 Å². The molecule has 0 aliphatic carbocycles. The van der Waals surface area contributed by atoms with E-state index in [9.17, 15) is 0 Å². The van der Waals surface area contributed by atoms with E-state index in [1.807, 2.05) is 29.7 Å². The van der Waals surface area contributed by atoms with E-state index in [-0.39, 0.29) is 0 Å². The van der Waals surface area contributed by atoms with E-state index in [1.165, 1.54) is 5.75 Å². The topological polar surface area (TPSA) is 29.9 Å². The first-order valence-electron chi connectivity index (χ1n) is 5.94. The van der Waals surface area contributed by atoms with Crippen LogP contribution in [0.2, 0.25) is 0 Å². The summed E-state index contributed by atoms with van der Waals surface area (Å²) in [6.07, 6.45) is 2.01. The SMILES string of the molecule is CCNC(CSCC(C)C)c1ccn(C)n1. The minimum Gasteiger partial charge on any atom is -0.308 e. The lowest BCUT2D eigenvalue weighted by Crippen LogP contribution is -2.24. The summed E-state index contributed by atoms with van der Waals surface area (Å²) >= 11 is 2.00. The maximum atomic E-state index is 4.47. The molecule has 16 heavy (non-hydrogen) atoms. The fourth-order valence-corrected chi connectivity index (χ4v) is 2.67. The molecule has 0 radical (unpaired) electrons. The minimum absolute atomic E-state index is 0.384. The molecule has 92 valence electrons. The van der Waals surface area contributed by atoms with E-state index in [1.54, 1.807) is 0 Å². The first kappa shape index (κ1) is 13.6. The number of aromatic nitrogens is 2. The predicted molar refractivity (Wildman–Crippen MR) is 71.8 cm³/mol. The maximum absolute atomic E-state index is 4.47. The van der Waals surface area contributed by atoms with Crippen molar-refractivity contribution >= 4 is 11.8 Å². The Bertz CT molecular complexity index is 296. The van der Waals surface area contributed by atoms with E-state index >= 15 is 0 Å². The molecule has 0 amide bonds. The quantitative estimate of drug-likeness (QED) is 0.795. The fraction of sp³-hybridized carbons (Fsp3) is 0.750. The lowest BCUT2D eigenvalue weighted by atomic mass is 10.2. The average molecular weight is 241 g/mol. The highest BCUT2D eigenvalue weighted by Crippen LogP contribution is 2.18. The Labute approximate surface area is 103 Å². The zero-order valence-corrected chi connectivity index (χ0v) is 11.5. The molecule has 1 heterocycles. The number of thioether (sulfide) groups is 1. The van der Waals surface area contributed by atoms with Gasteiger partial charge in [-0.25, -0.2) is 0 Å². The third-order valence-electron chi connectivity index (χ3n) is 2.28. The molecular weight excluding hydrogens is 218 g/mol. The third kappa shape index (κ3) is 4.58. The van der Waals surface area contributed by atoms with Gasteiger partial charge in [-0.1, -0.05) is 20.8 Å². The summed E-state index contributed by atoms with van der Waals surface area (Å²) in [4.78, 5) is 0. The van der Waals surface area contributed by atoms with Crippen LogP contribution < -0.4 is 5.32 Å². The molecule has 3 nitrogen and oxygen atoms in total. The zero-order chi connectivity index (χ0) is 12.0. The lowest BCUT2D eigenvalue weighted by molar-refractivity contribution is 0.577. The van der Waals surface area contributed by atoms with Gasteiger partial charge in [0.05, 0.1) is 11.7 Å². The monoisotopic (exact) mass is 241 g/mol. The molecule has 0 aromatic carbocycles. The highest BCUT2D eigenvalue weighted by molar-refractivity contribution is 7.99. The van der Waals surface area contributed by atoms with Crippen molar-refractivity contribution < 1.29 is 0 Å². The van der Waals surface area contributed by atoms with Gasteiger partial charge >= 0.3 is 0 Å². The van der Waals surface area contributed by atoms with Crippen molar-refractivity contribution in [1.29, 1.82) is 0 Å². The molecule has 0 spiro atoms. The summed E-state index contributed by atoms with van der Waals surface area (Å²) in [6, 6.07) is 2.48. The Morgan fingerprint density at radius 3 is 2.69 bits per heavy atom. The van der Waals surface area contributed by atoms with Crippen molar-refractivity contribution in [3.63, 3.8) is 0 Å². The Morgan fingerprint density at radius 2 is 2.19 bits per heavy atom. The molecule has 0 aliphatic heterocycles. The Morgan fingerprint density at radius 1 is 1.44 bits per heavy atom. The highest BCUT2D eigenvalue weighted by atomic mass is 32.2. The predicted octanol–water partition coefficient (Wildman–Crippen LogP) is 2.46. The van der Waals surface area contributed by atoms with Crippen LogP contribution in [-0.4, -0.2) is 27.8 Å². The van der Waals surface area contributed by atoms with E-state index in [0.29, 0.717) is 6.04 Å². The third-order valence-corrected chi connectivity index (χ3v) is 3.75. The Balaban J connectivity index is 2.47. The van der Waals surface area contributed by atoms with Gasteiger partial charge in [0.15, 0.2) is 0 Å². The second-order valence-corrected chi connectivity index (χ2v) is 5.53. The summed E-state index contributed by atoms with van der Waals surface area (Å²) < 4.78 is 1.87. The number of hydrogen-bond donors (Lipinski definition) is 1. The molecule has 1 atom stereocenters. The summed E-state index contributed by atoms with van der Waals surface area (Å²) in [5, 5.41) is 7.96. The molecule has 0 aliphatic rings. The van der Waals surface area contributed by atoms with Crippen molar-refractivity contribution in [1.82, 2.24) is 15.1 Å². The van der Waals surface area contributed by atoms with E-state index in [0.717, 1.165) is 23.9 Å². The van der Waals surface area contributed by atoms with Crippen LogP contribution in [0.25, 0.3) is 0 Å². The van der Waals surface area contributed by atoms with E-state index in [2.05, 4.69) is 37.3 Å². The lowest BCUT2D eigenvalue weighted by Gasteiger charge is -2.15. The second-order valence-electron chi connectivity index (χ2n) is 4.46. The summed E-state index contributed by atoms with van der Waals surface area (Å²) in [6.45, 7) is 7.65. The number of hydrogen-bond acceptors (Lipinski definition) is 3. The number of nitrogens with zero attached hydrogens (tertiary/aromatic N) is 2. The summed E-state index contributed by atoms with van der Waals surface area (Å²) in [7, 11) is 1.97. The van der Waals surface area contributed by atoms with Crippen LogP contribution in [0.1, 0.15) is 32.5 Å². The molecule has 0 bridgehead atoms. The molecule has 1 N–H and O–H groups in total. The molecular formula is C12H23N3S. The van der Waals surface area contributed by atoms with Crippen LogP contribution in [0.3, 0.4) is 0 Å². The zero-order valence-electron chi connectivity index (χ0n) is 10.7. The van der Waals surface area contributed by atoms with Gasteiger partial charge in [0.2, 0.25) is 0 Å². The first-order valence-corrected chi connectivity index (χ1v) is 7.09. The van der Waals surface area contributed by atoms with Crippen molar-refractivity contribution in [2.24, 2.45) is 13.0 Å². The van der Waals surface area contributed by atoms with Crippen LogP contribution in [0.15, 0.2) is 12.3 Å². The number of rotatable bonds is 7. The van der Waals surface area contributed by atoms with Gasteiger partial charge in [0.1, 0.15) is 0 Å². The van der Waals surface area contributed by atoms with Crippen molar-refractivity contribution in [2.45, 2.75) is 26.8 Å². The van der Waals surface area contributed by atoms with E-state index in [4.69, 9.17) is 0 Å². The largest absolute Gasteiger partial charge is 0.308 e. The Hall–Kier alpha value is -0.480. The van der Waals surface area contributed by atoms with Gasteiger partial charge < -0.3 is 5.32 Å². The number of aryl methyl sites for hydroxylation is 1. The first-order chi connectivity index (χ1) is 7.63. The van der Waals surface area contributed by atoms with Crippen molar-refractivity contribution in [3.05, 3.63) is 18.0 Å². The molecule has 1 unspecified atom stereocenters. The van der Waals surface area contributed by atoms with Crippen LogP contribution in [0.5, 0.6) is 0 Å². The minimum atomic E-state index is 0.384. The summed E-state index contributed by atoms with van der Waals surface area (Å²) in [5.41, 5.74) is 1.15. The van der Waals surface area contributed by atoms with Gasteiger partial charge in [-0.15, -0.1) is 0 Å². The molecule has 4 heteroatoms. The van der Waals surface area contributed by atoms with Gasteiger partial charge in [-0.05, 0) is 24.3 Å². The van der Waals surface area contributed by atoms with Crippen LogP contribution in [0.4, 0.5) is 0 Å². The molecule has 0 saturated carbocycles. The van der Waals surface area contributed by atoms with Gasteiger partial charge in [-0.2, -0.15) is 16.9 Å². The highest BCUT2D eigenvalue weighted by Gasteiger charge is 2.13. The van der Waals surface area contributed by atoms with E-state index < -0.39 is 0 Å². The smallest absolute Gasteiger partial charge is 0.0802 e. The molecule has 1 rings (SSSR count). The van der Waals surface area contributed by atoms with Gasteiger partial charge in [0, 0.05) is 19.0 Å². The normalized spacial score (nSPS) is 13.3. The molecule has 1 aromatic heterocycles. The standard InChI is InChI=1S/C12H23N3S/c1-5-13-12(9-16-8-10(2)3)11-6-7-15(4)14-11/h6-7,10,12-13H,5,8-9H2,1-4H3. The van der Waals surface area contributed by atoms with Crippen molar-refractivity contribution in [3.8, 4) is 0 Å². The summed E-state index contributed by atoms with van der Waals surface area (Å²) in [5.74, 6) is 3.08. The number of nitrogens with one attached hydrogen (secondary N) is 1. The van der Waals surface area contributed by atoms with Gasteiger partial charge in [-0.3, -0.25) is 4.68 Å². The molecule has 1 aromatic rings.